The second-order valence-corrected chi connectivity index (χ2v) is 4.90. The van der Waals surface area contributed by atoms with E-state index in [4.69, 9.17) is 0 Å². The van der Waals surface area contributed by atoms with Crippen molar-refractivity contribution in [2.45, 2.75) is 16.7 Å². The first-order valence-electron chi connectivity index (χ1n) is 5.48. The van der Waals surface area contributed by atoms with Gasteiger partial charge < -0.3 is 4.74 Å². The third kappa shape index (κ3) is 3.11. The van der Waals surface area contributed by atoms with Crippen LogP contribution < -0.4 is 0 Å². The van der Waals surface area contributed by atoms with Gasteiger partial charge >= 0.3 is 5.97 Å². The zero-order chi connectivity index (χ0) is 13.0. The number of carbonyl (C=O) groups is 1. The maximum Gasteiger partial charge on any atom is 0.337 e. The van der Waals surface area contributed by atoms with Crippen LogP contribution in [0, 0.1) is 6.92 Å². The van der Waals surface area contributed by atoms with Gasteiger partial charge in [0.25, 0.3) is 0 Å². The molecule has 4 heteroatoms. The Morgan fingerprint density at radius 3 is 2.33 bits per heavy atom. The number of aromatic nitrogens is 1. The summed E-state index contributed by atoms with van der Waals surface area (Å²) in [6.45, 7) is 1.96. The minimum absolute atomic E-state index is 0.316. The minimum atomic E-state index is -0.316. The molecule has 0 aliphatic heterocycles. The summed E-state index contributed by atoms with van der Waals surface area (Å²) in [4.78, 5) is 17.7. The van der Waals surface area contributed by atoms with Crippen molar-refractivity contribution >= 4 is 17.7 Å². The van der Waals surface area contributed by atoms with Crippen LogP contribution in [-0.4, -0.2) is 18.1 Å². The van der Waals surface area contributed by atoms with Gasteiger partial charge in [0.15, 0.2) is 0 Å². The number of ether oxygens (including phenoxy) is 1. The number of esters is 1. The van der Waals surface area contributed by atoms with Gasteiger partial charge in [-0.3, -0.25) is 4.98 Å². The SMILES string of the molecule is COC(=O)c1ccc(Sc2ccc(C)nc2)cc1. The average Bonchev–Trinajstić information content (AvgIpc) is 2.41. The van der Waals surface area contributed by atoms with Crippen molar-refractivity contribution in [1.82, 2.24) is 4.98 Å². The predicted molar refractivity (Wildman–Crippen MR) is 70.9 cm³/mol. The van der Waals surface area contributed by atoms with Crippen LogP contribution in [-0.2, 0) is 4.74 Å². The van der Waals surface area contributed by atoms with Crippen molar-refractivity contribution < 1.29 is 9.53 Å². The van der Waals surface area contributed by atoms with Crippen LogP contribution in [0.2, 0.25) is 0 Å². The monoisotopic (exact) mass is 259 g/mol. The largest absolute Gasteiger partial charge is 0.465 e. The molecule has 0 bridgehead atoms. The highest BCUT2D eigenvalue weighted by Crippen LogP contribution is 2.27. The Labute approximate surface area is 110 Å². The summed E-state index contributed by atoms with van der Waals surface area (Å²) in [5.74, 6) is -0.316. The van der Waals surface area contributed by atoms with Crippen LogP contribution in [0.4, 0.5) is 0 Å². The van der Waals surface area contributed by atoms with Crippen LogP contribution in [0.5, 0.6) is 0 Å². The third-order valence-corrected chi connectivity index (χ3v) is 3.38. The Morgan fingerprint density at radius 2 is 1.78 bits per heavy atom. The molecule has 1 aromatic carbocycles. The van der Waals surface area contributed by atoms with Crippen LogP contribution in [0.25, 0.3) is 0 Å². The van der Waals surface area contributed by atoms with Crippen LogP contribution in [0.1, 0.15) is 16.1 Å². The smallest absolute Gasteiger partial charge is 0.337 e. The Balaban J connectivity index is 2.10. The van der Waals surface area contributed by atoms with Gasteiger partial charge in [-0.2, -0.15) is 0 Å². The molecule has 18 heavy (non-hydrogen) atoms. The first-order chi connectivity index (χ1) is 8.69. The zero-order valence-corrected chi connectivity index (χ0v) is 11.0. The van der Waals surface area contributed by atoms with Gasteiger partial charge in [-0.15, -0.1) is 0 Å². The Hall–Kier alpha value is -1.81. The molecule has 0 amide bonds. The van der Waals surface area contributed by atoms with E-state index in [-0.39, 0.29) is 5.97 Å². The number of benzene rings is 1. The molecule has 0 aliphatic carbocycles. The lowest BCUT2D eigenvalue weighted by atomic mass is 10.2. The standard InChI is InChI=1S/C14H13NO2S/c1-10-3-6-13(9-15-10)18-12-7-4-11(5-8-12)14(16)17-2/h3-9H,1-2H3. The average molecular weight is 259 g/mol. The molecular formula is C14H13NO2S. The topological polar surface area (TPSA) is 39.2 Å². The second kappa shape index (κ2) is 5.69. The molecule has 1 aromatic heterocycles. The number of pyridine rings is 1. The molecule has 0 saturated carbocycles. The first kappa shape index (κ1) is 12.6. The molecule has 1 heterocycles. The molecule has 0 N–H and O–H groups in total. The van der Waals surface area contributed by atoms with E-state index >= 15 is 0 Å². The van der Waals surface area contributed by atoms with E-state index in [1.807, 2.05) is 37.4 Å². The lowest BCUT2D eigenvalue weighted by Crippen LogP contribution is -2.00. The van der Waals surface area contributed by atoms with Crippen molar-refractivity contribution in [3.05, 3.63) is 53.9 Å². The third-order valence-electron chi connectivity index (χ3n) is 2.40. The summed E-state index contributed by atoms with van der Waals surface area (Å²) in [5, 5.41) is 0. The van der Waals surface area contributed by atoms with Crippen LogP contribution in [0.3, 0.4) is 0 Å². The molecule has 0 fully saturated rings. The van der Waals surface area contributed by atoms with Gasteiger partial charge in [0.2, 0.25) is 0 Å². The number of aryl methyl sites for hydroxylation is 1. The van der Waals surface area contributed by atoms with Gasteiger partial charge in [-0.05, 0) is 43.3 Å². The molecule has 0 aliphatic rings. The lowest BCUT2D eigenvalue weighted by Gasteiger charge is -2.03. The van der Waals surface area contributed by atoms with Gasteiger partial charge in [0.1, 0.15) is 0 Å². The highest BCUT2D eigenvalue weighted by Gasteiger charge is 2.05. The molecule has 2 aromatic rings. The van der Waals surface area contributed by atoms with Crippen LogP contribution >= 0.6 is 11.8 Å². The molecule has 2 rings (SSSR count). The molecule has 0 spiro atoms. The van der Waals surface area contributed by atoms with E-state index < -0.39 is 0 Å². The Morgan fingerprint density at radius 1 is 1.11 bits per heavy atom. The summed E-state index contributed by atoms with van der Waals surface area (Å²) >= 11 is 1.61. The molecule has 3 nitrogen and oxygen atoms in total. The molecule has 0 unspecified atom stereocenters. The minimum Gasteiger partial charge on any atom is -0.465 e. The number of rotatable bonds is 3. The molecule has 0 radical (unpaired) electrons. The number of hydrogen-bond acceptors (Lipinski definition) is 4. The quantitative estimate of drug-likeness (QED) is 0.793. The highest BCUT2D eigenvalue weighted by atomic mass is 32.2. The maximum absolute atomic E-state index is 11.3. The molecule has 0 saturated heterocycles. The van der Waals surface area contributed by atoms with E-state index in [2.05, 4.69) is 9.72 Å². The Kier molecular flexibility index (Phi) is 3.99. The fourth-order valence-corrected chi connectivity index (χ4v) is 2.21. The van der Waals surface area contributed by atoms with Gasteiger partial charge in [-0.25, -0.2) is 4.79 Å². The number of methoxy groups -OCH3 is 1. The summed E-state index contributed by atoms with van der Waals surface area (Å²) in [5.41, 5.74) is 1.56. The number of carbonyl (C=O) groups excluding carboxylic acids is 1. The van der Waals surface area contributed by atoms with Gasteiger partial charge in [0.05, 0.1) is 12.7 Å². The van der Waals surface area contributed by atoms with Crippen molar-refractivity contribution in [1.29, 1.82) is 0 Å². The van der Waals surface area contributed by atoms with Crippen molar-refractivity contribution in [3.63, 3.8) is 0 Å². The summed E-state index contributed by atoms with van der Waals surface area (Å²) in [7, 11) is 1.38. The molecule has 92 valence electrons. The molecule has 0 atom stereocenters. The van der Waals surface area contributed by atoms with Crippen LogP contribution in [0.15, 0.2) is 52.4 Å². The first-order valence-corrected chi connectivity index (χ1v) is 6.29. The van der Waals surface area contributed by atoms with E-state index in [1.165, 1.54) is 7.11 Å². The fourth-order valence-electron chi connectivity index (χ4n) is 1.43. The van der Waals surface area contributed by atoms with E-state index in [9.17, 15) is 4.79 Å². The molecular weight excluding hydrogens is 246 g/mol. The van der Waals surface area contributed by atoms with E-state index in [1.54, 1.807) is 23.9 Å². The zero-order valence-electron chi connectivity index (χ0n) is 10.2. The summed E-state index contributed by atoms with van der Waals surface area (Å²) in [6, 6.07) is 11.3. The Bertz CT molecular complexity index is 535. The summed E-state index contributed by atoms with van der Waals surface area (Å²) in [6.07, 6.45) is 1.84. The van der Waals surface area contributed by atoms with Gasteiger partial charge in [-0.1, -0.05) is 11.8 Å². The normalized spacial score (nSPS) is 10.1. The highest BCUT2D eigenvalue weighted by molar-refractivity contribution is 7.99. The van der Waals surface area contributed by atoms with Crippen molar-refractivity contribution in [2.24, 2.45) is 0 Å². The lowest BCUT2D eigenvalue weighted by molar-refractivity contribution is 0.0600. The maximum atomic E-state index is 11.3. The van der Waals surface area contributed by atoms with E-state index in [0.29, 0.717) is 5.56 Å². The van der Waals surface area contributed by atoms with Gasteiger partial charge in [0, 0.05) is 21.7 Å². The predicted octanol–water partition coefficient (Wildman–Crippen LogP) is 3.33. The summed E-state index contributed by atoms with van der Waals surface area (Å²) < 4.78 is 4.65. The fraction of sp³-hybridized carbons (Fsp3) is 0.143. The number of hydrogen-bond donors (Lipinski definition) is 0. The van der Waals surface area contributed by atoms with Crippen molar-refractivity contribution in [3.8, 4) is 0 Å². The van der Waals surface area contributed by atoms with E-state index in [0.717, 1.165) is 15.5 Å². The number of nitrogens with zero attached hydrogens (tertiary/aromatic N) is 1. The van der Waals surface area contributed by atoms with Crippen molar-refractivity contribution in [2.75, 3.05) is 7.11 Å². The second-order valence-electron chi connectivity index (χ2n) is 3.75.